The Morgan fingerprint density at radius 3 is 2.59 bits per heavy atom. The average molecular weight is 232 g/mol. The second-order valence-electron chi connectivity index (χ2n) is 4.50. The third kappa shape index (κ3) is 2.72. The van der Waals surface area contributed by atoms with Crippen molar-refractivity contribution in [1.82, 2.24) is 4.98 Å². The van der Waals surface area contributed by atoms with Crippen molar-refractivity contribution in [2.75, 3.05) is 5.32 Å². The lowest BCUT2D eigenvalue weighted by molar-refractivity contribution is -0.121. The van der Waals surface area contributed by atoms with E-state index in [1.165, 1.54) is 0 Å². The Morgan fingerprint density at radius 2 is 2.12 bits per heavy atom. The minimum atomic E-state index is -0.911. The number of hydrogen-bond donors (Lipinski definition) is 2. The number of carbonyl (C=O) groups is 1. The lowest BCUT2D eigenvalue weighted by atomic mass is 10.0. The molecular weight excluding hydrogens is 216 g/mol. The van der Waals surface area contributed by atoms with Gasteiger partial charge in [0, 0.05) is 5.69 Å². The van der Waals surface area contributed by atoms with Crippen LogP contribution in [0.5, 0.6) is 0 Å². The van der Waals surface area contributed by atoms with Crippen LogP contribution in [0.4, 0.5) is 5.69 Å². The maximum absolute atomic E-state index is 11.3. The molecule has 0 atom stereocenters. The van der Waals surface area contributed by atoms with Crippen LogP contribution in [0.3, 0.4) is 0 Å². The Kier molecular flexibility index (Phi) is 3.37. The van der Waals surface area contributed by atoms with E-state index in [4.69, 9.17) is 11.0 Å². The number of rotatable bonds is 3. The zero-order chi connectivity index (χ0) is 13.2. The molecule has 1 rings (SSSR count). The van der Waals surface area contributed by atoms with E-state index in [9.17, 15) is 4.79 Å². The van der Waals surface area contributed by atoms with Gasteiger partial charge in [0.25, 0.3) is 0 Å². The molecule has 0 aromatic carbocycles. The molecule has 0 unspecified atom stereocenters. The molecule has 0 radical (unpaired) electrons. The molecule has 5 nitrogen and oxygen atoms in total. The largest absolute Gasteiger partial charge is 0.370 e. The van der Waals surface area contributed by atoms with Crippen LogP contribution in [0, 0.1) is 25.2 Å². The predicted molar refractivity (Wildman–Crippen MR) is 65.3 cm³/mol. The summed E-state index contributed by atoms with van der Waals surface area (Å²) in [6.45, 7) is 6.92. The molecule has 17 heavy (non-hydrogen) atoms. The van der Waals surface area contributed by atoms with Crippen molar-refractivity contribution in [3.63, 3.8) is 0 Å². The third-order valence-electron chi connectivity index (χ3n) is 2.50. The van der Waals surface area contributed by atoms with Crippen LogP contribution in [0.1, 0.15) is 30.8 Å². The number of aromatic nitrogens is 1. The van der Waals surface area contributed by atoms with Gasteiger partial charge in [-0.25, -0.2) is 0 Å². The number of pyridine rings is 1. The Bertz CT molecular complexity index is 500. The molecule has 5 heteroatoms. The van der Waals surface area contributed by atoms with Crippen LogP contribution in [-0.4, -0.2) is 16.4 Å². The fourth-order valence-electron chi connectivity index (χ4n) is 1.47. The highest BCUT2D eigenvalue weighted by Gasteiger charge is 2.26. The summed E-state index contributed by atoms with van der Waals surface area (Å²) in [6.07, 6.45) is 0. The molecule has 3 N–H and O–H groups in total. The van der Waals surface area contributed by atoms with Crippen LogP contribution in [0.15, 0.2) is 6.07 Å². The van der Waals surface area contributed by atoms with E-state index < -0.39 is 11.4 Å². The number of aryl methyl sites for hydroxylation is 2. The molecule has 0 aliphatic rings. The third-order valence-corrected chi connectivity index (χ3v) is 2.50. The van der Waals surface area contributed by atoms with Gasteiger partial charge in [-0.2, -0.15) is 5.26 Å². The molecule has 0 fully saturated rings. The number of primary amides is 1. The lowest BCUT2D eigenvalue weighted by Gasteiger charge is -2.24. The van der Waals surface area contributed by atoms with E-state index in [-0.39, 0.29) is 0 Å². The van der Waals surface area contributed by atoms with Crippen molar-refractivity contribution < 1.29 is 4.79 Å². The summed E-state index contributed by atoms with van der Waals surface area (Å²) < 4.78 is 0. The van der Waals surface area contributed by atoms with Crippen LogP contribution < -0.4 is 11.1 Å². The number of nitrogens with zero attached hydrogens (tertiary/aromatic N) is 2. The molecule has 1 heterocycles. The molecule has 1 aromatic rings. The fourth-order valence-corrected chi connectivity index (χ4v) is 1.47. The maximum atomic E-state index is 11.3. The second-order valence-corrected chi connectivity index (χ2v) is 4.50. The van der Waals surface area contributed by atoms with Crippen LogP contribution >= 0.6 is 0 Å². The summed E-state index contributed by atoms with van der Waals surface area (Å²) in [7, 11) is 0. The number of nitrogens with two attached hydrogens (primary N) is 1. The number of carbonyl (C=O) groups excluding carboxylic acids is 1. The highest BCUT2D eigenvalue weighted by molar-refractivity contribution is 5.87. The van der Waals surface area contributed by atoms with Gasteiger partial charge in [0.15, 0.2) is 0 Å². The van der Waals surface area contributed by atoms with Gasteiger partial charge in [0.2, 0.25) is 5.91 Å². The molecule has 0 spiro atoms. The van der Waals surface area contributed by atoms with Gasteiger partial charge in [0.05, 0.1) is 16.9 Å². The molecule has 0 saturated heterocycles. The average Bonchev–Trinajstić information content (AvgIpc) is 2.15. The molecule has 0 saturated carbocycles. The standard InChI is InChI=1S/C12H16N4O/c1-7-5-10(9(6-13)8(2)15-7)16-12(3,4)11(14)17/h5H,1-4H3,(H2,14,17)(H,15,16). The van der Waals surface area contributed by atoms with Gasteiger partial charge in [-0.1, -0.05) is 0 Å². The van der Waals surface area contributed by atoms with Gasteiger partial charge in [-0.15, -0.1) is 0 Å². The highest BCUT2D eigenvalue weighted by atomic mass is 16.1. The normalized spacial score (nSPS) is 10.8. The molecule has 90 valence electrons. The predicted octanol–water partition coefficient (Wildman–Crippen LogP) is 1.25. The molecule has 0 aliphatic carbocycles. The lowest BCUT2D eigenvalue weighted by Crippen LogP contribution is -2.45. The Morgan fingerprint density at radius 1 is 1.53 bits per heavy atom. The van der Waals surface area contributed by atoms with Gasteiger partial charge in [0.1, 0.15) is 11.6 Å². The monoisotopic (exact) mass is 232 g/mol. The Balaban J connectivity index is 3.24. The van der Waals surface area contributed by atoms with Crippen molar-refractivity contribution in [3.8, 4) is 6.07 Å². The van der Waals surface area contributed by atoms with E-state index in [1.54, 1.807) is 26.8 Å². The fraction of sp³-hybridized carbons (Fsp3) is 0.417. The zero-order valence-corrected chi connectivity index (χ0v) is 10.5. The van der Waals surface area contributed by atoms with Crippen LogP contribution in [-0.2, 0) is 4.79 Å². The molecule has 1 aromatic heterocycles. The smallest absolute Gasteiger partial charge is 0.242 e. The van der Waals surface area contributed by atoms with E-state index in [0.29, 0.717) is 16.9 Å². The molecule has 1 amide bonds. The summed E-state index contributed by atoms with van der Waals surface area (Å²) >= 11 is 0. The molecule has 0 aliphatic heterocycles. The van der Waals surface area contributed by atoms with Gasteiger partial charge < -0.3 is 11.1 Å². The highest BCUT2D eigenvalue weighted by Crippen LogP contribution is 2.22. The van der Waals surface area contributed by atoms with Gasteiger partial charge in [-0.05, 0) is 33.8 Å². The summed E-state index contributed by atoms with van der Waals surface area (Å²) in [5, 5.41) is 12.1. The van der Waals surface area contributed by atoms with Crippen molar-refractivity contribution in [2.45, 2.75) is 33.2 Å². The van der Waals surface area contributed by atoms with Gasteiger partial charge in [-0.3, -0.25) is 9.78 Å². The topological polar surface area (TPSA) is 91.8 Å². The second kappa shape index (κ2) is 4.42. The summed E-state index contributed by atoms with van der Waals surface area (Å²) in [6, 6.07) is 3.81. The first kappa shape index (κ1) is 13.0. The number of nitrogens with one attached hydrogen (secondary N) is 1. The van der Waals surface area contributed by atoms with Crippen molar-refractivity contribution in [3.05, 3.63) is 23.0 Å². The van der Waals surface area contributed by atoms with E-state index in [2.05, 4.69) is 16.4 Å². The minimum absolute atomic E-state index is 0.435. The number of amides is 1. The number of nitriles is 1. The van der Waals surface area contributed by atoms with Crippen LogP contribution in [0.2, 0.25) is 0 Å². The Labute approximate surface area is 101 Å². The molecular formula is C12H16N4O. The number of anilines is 1. The van der Waals surface area contributed by atoms with Crippen molar-refractivity contribution in [1.29, 1.82) is 5.26 Å². The Hall–Kier alpha value is -2.09. The maximum Gasteiger partial charge on any atom is 0.242 e. The van der Waals surface area contributed by atoms with Gasteiger partial charge >= 0.3 is 0 Å². The minimum Gasteiger partial charge on any atom is -0.370 e. The quantitative estimate of drug-likeness (QED) is 0.820. The first-order valence-corrected chi connectivity index (χ1v) is 5.24. The molecule has 0 bridgehead atoms. The summed E-state index contributed by atoms with van der Waals surface area (Å²) in [5.41, 5.74) is 6.81. The van der Waals surface area contributed by atoms with Crippen molar-refractivity contribution >= 4 is 11.6 Å². The summed E-state index contributed by atoms with van der Waals surface area (Å²) in [4.78, 5) is 15.5. The SMILES string of the molecule is Cc1cc(NC(C)(C)C(N)=O)c(C#N)c(C)n1. The zero-order valence-electron chi connectivity index (χ0n) is 10.5. The first-order chi connectivity index (χ1) is 7.77. The van der Waals surface area contributed by atoms with E-state index in [0.717, 1.165) is 5.69 Å². The van der Waals surface area contributed by atoms with Crippen LogP contribution in [0.25, 0.3) is 0 Å². The van der Waals surface area contributed by atoms with E-state index in [1.807, 2.05) is 6.92 Å². The van der Waals surface area contributed by atoms with E-state index >= 15 is 0 Å². The number of hydrogen-bond acceptors (Lipinski definition) is 4. The summed E-state index contributed by atoms with van der Waals surface area (Å²) in [5.74, 6) is -0.478. The first-order valence-electron chi connectivity index (χ1n) is 5.24. The van der Waals surface area contributed by atoms with Crippen molar-refractivity contribution in [2.24, 2.45) is 5.73 Å².